The lowest BCUT2D eigenvalue weighted by molar-refractivity contribution is -0.274. The van der Waals surface area contributed by atoms with Gasteiger partial charge in [-0.1, -0.05) is 18.2 Å². The minimum absolute atomic E-state index is 0.0133. The van der Waals surface area contributed by atoms with Gasteiger partial charge in [-0.2, -0.15) is 0 Å². The van der Waals surface area contributed by atoms with E-state index in [0.717, 1.165) is 17.8 Å². The molecule has 0 bridgehead atoms. The first-order valence-corrected chi connectivity index (χ1v) is 13.2. The van der Waals surface area contributed by atoms with Crippen molar-refractivity contribution in [1.82, 2.24) is 9.79 Å². The highest BCUT2D eigenvalue weighted by Gasteiger charge is 2.55. The van der Waals surface area contributed by atoms with Crippen molar-refractivity contribution in [2.75, 3.05) is 31.1 Å². The van der Waals surface area contributed by atoms with Gasteiger partial charge in [0, 0.05) is 31.9 Å². The fourth-order valence-electron chi connectivity index (χ4n) is 4.82. The summed E-state index contributed by atoms with van der Waals surface area (Å²) in [6.45, 7) is 0.852. The Labute approximate surface area is 212 Å². The number of anilines is 1. The number of para-hydroxylation sites is 1. The molecule has 1 amide bonds. The molecule has 202 valence electrons. The zero-order valence-electron chi connectivity index (χ0n) is 19.9. The minimum Gasteiger partial charge on any atom is -0.490 e. The lowest BCUT2D eigenvalue weighted by Crippen LogP contribution is -2.62. The second kappa shape index (κ2) is 10.8. The second-order valence-electron chi connectivity index (χ2n) is 9.00. The minimum atomic E-state index is -4.79. The van der Waals surface area contributed by atoms with Gasteiger partial charge in [-0.3, -0.25) is 10.0 Å². The molecular weight excluding hydrogens is 515 g/mol. The van der Waals surface area contributed by atoms with Gasteiger partial charge in [0.25, 0.3) is 5.91 Å². The smallest absolute Gasteiger partial charge is 0.490 e. The maximum Gasteiger partial charge on any atom is 0.573 e. The lowest BCUT2D eigenvalue weighted by Gasteiger charge is -2.43. The van der Waals surface area contributed by atoms with Crippen molar-refractivity contribution in [1.29, 1.82) is 0 Å². The summed E-state index contributed by atoms with van der Waals surface area (Å²) in [5, 5.41) is 9.40. The molecule has 2 N–H and O–H groups in total. The standard InChI is InChI=1S/C24H28F3N3O6S/c25-24(26,27)36-21-8-6-19(7-9-21)35-20-10-14-30(15-11-20)37(33,34)23(22(31)28-32)12-16-29(17-13-23)18-4-2-1-3-5-18/h1-9,20,32H,10-17H2,(H,28,31). The van der Waals surface area contributed by atoms with E-state index >= 15 is 0 Å². The number of halogens is 3. The Hall–Kier alpha value is -3.03. The molecule has 0 aliphatic carbocycles. The van der Waals surface area contributed by atoms with Gasteiger partial charge in [-0.25, -0.2) is 18.2 Å². The summed E-state index contributed by atoms with van der Waals surface area (Å²) in [6, 6.07) is 14.5. The topological polar surface area (TPSA) is 108 Å². The number of ether oxygens (including phenoxy) is 2. The molecule has 0 unspecified atom stereocenters. The van der Waals surface area contributed by atoms with Crippen LogP contribution in [0.1, 0.15) is 25.7 Å². The normalized spacial score (nSPS) is 19.3. The molecule has 2 aromatic rings. The number of rotatable bonds is 7. The fourth-order valence-corrected chi connectivity index (χ4v) is 6.98. The molecule has 2 aliphatic heterocycles. The largest absolute Gasteiger partial charge is 0.573 e. The van der Waals surface area contributed by atoms with Gasteiger partial charge in [-0.15, -0.1) is 13.2 Å². The van der Waals surface area contributed by atoms with Crippen LogP contribution in [0, 0.1) is 0 Å². The average Bonchev–Trinajstić information content (AvgIpc) is 2.89. The number of piperidine rings is 2. The maximum atomic E-state index is 13.7. The number of nitrogens with zero attached hydrogens (tertiary/aromatic N) is 2. The van der Waals surface area contributed by atoms with Crippen LogP contribution in [0.4, 0.5) is 18.9 Å². The predicted octanol–water partition coefficient (Wildman–Crippen LogP) is 3.30. The second-order valence-corrected chi connectivity index (χ2v) is 11.2. The predicted molar refractivity (Wildman–Crippen MR) is 128 cm³/mol. The van der Waals surface area contributed by atoms with Crippen LogP contribution in [0.15, 0.2) is 54.6 Å². The van der Waals surface area contributed by atoms with E-state index in [1.807, 2.05) is 35.2 Å². The van der Waals surface area contributed by atoms with E-state index in [0.29, 0.717) is 31.7 Å². The molecule has 9 nitrogen and oxygen atoms in total. The van der Waals surface area contributed by atoms with Gasteiger partial charge < -0.3 is 14.4 Å². The molecule has 2 heterocycles. The monoisotopic (exact) mass is 543 g/mol. The Morgan fingerprint density at radius 1 is 0.946 bits per heavy atom. The molecule has 13 heteroatoms. The van der Waals surface area contributed by atoms with E-state index in [-0.39, 0.29) is 37.8 Å². The van der Waals surface area contributed by atoms with Crippen LogP contribution in [0.25, 0.3) is 0 Å². The highest BCUT2D eigenvalue weighted by Crippen LogP contribution is 2.37. The van der Waals surface area contributed by atoms with E-state index in [9.17, 15) is 31.6 Å². The van der Waals surface area contributed by atoms with Crippen LogP contribution in [0.3, 0.4) is 0 Å². The Morgan fingerprint density at radius 3 is 2.05 bits per heavy atom. The van der Waals surface area contributed by atoms with Crippen molar-refractivity contribution >= 4 is 21.6 Å². The van der Waals surface area contributed by atoms with Gasteiger partial charge >= 0.3 is 6.36 Å². The van der Waals surface area contributed by atoms with Crippen LogP contribution in [-0.4, -0.2) is 67.2 Å². The molecule has 0 radical (unpaired) electrons. The molecule has 0 aromatic heterocycles. The summed E-state index contributed by atoms with van der Waals surface area (Å²) in [7, 11) is -4.13. The average molecular weight is 544 g/mol. The van der Waals surface area contributed by atoms with Gasteiger partial charge in [-0.05, 0) is 62.1 Å². The van der Waals surface area contributed by atoms with E-state index < -0.39 is 27.0 Å². The van der Waals surface area contributed by atoms with Crippen LogP contribution < -0.4 is 19.9 Å². The van der Waals surface area contributed by atoms with E-state index in [4.69, 9.17) is 4.74 Å². The number of amides is 1. The lowest BCUT2D eigenvalue weighted by atomic mass is 9.94. The molecule has 2 saturated heterocycles. The molecule has 0 atom stereocenters. The maximum absolute atomic E-state index is 13.7. The molecule has 0 spiro atoms. The van der Waals surface area contributed by atoms with Crippen molar-refractivity contribution in [3.63, 3.8) is 0 Å². The van der Waals surface area contributed by atoms with Crippen molar-refractivity contribution in [2.45, 2.75) is 42.9 Å². The van der Waals surface area contributed by atoms with Crippen molar-refractivity contribution < 1.29 is 41.1 Å². The molecule has 37 heavy (non-hydrogen) atoms. The Kier molecular flexibility index (Phi) is 7.85. The molecule has 4 rings (SSSR count). The number of sulfonamides is 1. The van der Waals surface area contributed by atoms with Crippen molar-refractivity contribution in [3.8, 4) is 11.5 Å². The fraction of sp³-hybridized carbons (Fsp3) is 0.458. The summed E-state index contributed by atoms with van der Waals surface area (Å²) in [5.74, 6) is -0.980. The first-order chi connectivity index (χ1) is 17.5. The van der Waals surface area contributed by atoms with Gasteiger partial charge in [0.05, 0.1) is 0 Å². The van der Waals surface area contributed by atoms with Gasteiger partial charge in [0.1, 0.15) is 17.6 Å². The van der Waals surface area contributed by atoms with Crippen molar-refractivity contribution in [3.05, 3.63) is 54.6 Å². The van der Waals surface area contributed by atoms with Crippen LogP contribution in [0.2, 0.25) is 0 Å². The summed E-state index contributed by atoms with van der Waals surface area (Å²) in [4.78, 5) is 14.8. The summed E-state index contributed by atoms with van der Waals surface area (Å²) < 4.78 is 73.5. The van der Waals surface area contributed by atoms with Gasteiger partial charge in [0.15, 0.2) is 4.75 Å². The van der Waals surface area contributed by atoms with Crippen LogP contribution in [0.5, 0.6) is 11.5 Å². The highest BCUT2D eigenvalue weighted by atomic mass is 32.2. The molecule has 2 aliphatic rings. The SMILES string of the molecule is O=C(NO)C1(S(=O)(=O)N2CCC(Oc3ccc(OC(F)(F)F)cc3)CC2)CCN(c2ccccc2)CC1. The number of hydroxylamine groups is 1. The highest BCUT2D eigenvalue weighted by molar-refractivity contribution is 7.91. The number of benzene rings is 2. The number of carbonyl (C=O) groups excluding carboxylic acids is 1. The Bertz CT molecular complexity index is 1160. The number of nitrogens with one attached hydrogen (secondary N) is 1. The van der Waals surface area contributed by atoms with Gasteiger partial charge in [0.2, 0.25) is 10.0 Å². The zero-order chi connectivity index (χ0) is 26.7. The summed E-state index contributed by atoms with van der Waals surface area (Å²) >= 11 is 0. The van der Waals surface area contributed by atoms with E-state index in [1.165, 1.54) is 16.4 Å². The van der Waals surface area contributed by atoms with Crippen LogP contribution in [-0.2, 0) is 14.8 Å². The third-order valence-corrected chi connectivity index (χ3v) is 9.43. The molecule has 2 aromatic carbocycles. The number of hydrogen-bond acceptors (Lipinski definition) is 7. The zero-order valence-corrected chi connectivity index (χ0v) is 20.7. The number of alkyl halides is 3. The summed E-state index contributed by atoms with van der Waals surface area (Å²) in [6.07, 6.45) is -4.47. The van der Waals surface area contributed by atoms with Crippen LogP contribution >= 0.6 is 0 Å². The first kappa shape index (κ1) is 27.0. The number of hydrogen-bond donors (Lipinski definition) is 2. The van der Waals surface area contributed by atoms with Crippen molar-refractivity contribution in [2.24, 2.45) is 0 Å². The van der Waals surface area contributed by atoms with E-state index in [2.05, 4.69) is 4.74 Å². The Morgan fingerprint density at radius 2 is 1.51 bits per heavy atom. The molecule has 2 fully saturated rings. The third-order valence-electron chi connectivity index (χ3n) is 6.80. The third kappa shape index (κ3) is 5.94. The molecule has 0 saturated carbocycles. The quantitative estimate of drug-likeness (QED) is 0.408. The summed E-state index contributed by atoms with van der Waals surface area (Å²) in [5.41, 5.74) is 2.49. The molecular formula is C24H28F3N3O6S. The number of carbonyl (C=O) groups is 1. The van der Waals surface area contributed by atoms with E-state index in [1.54, 1.807) is 5.48 Å². The Balaban J connectivity index is 1.39. The first-order valence-electron chi connectivity index (χ1n) is 11.8.